The number of piperidine rings is 1. The minimum atomic E-state index is -0.589. The number of nitrogens with one attached hydrogen (secondary N) is 1. The highest BCUT2D eigenvalue weighted by atomic mass is 35.5. The molecule has 2 aromatic rings. The van der Waals surface area contributed by atoms with E-state index in [9.17, 15) is 14.4 Å². The SMILES string of the molecule is COc1c(Cl)c2c(c(OC)c1OC)-c1ccc(OC)c(=O)cc1[C@@H](NC(=O)C1CCN(C(=O)OC(C)(C)C)CC1)CC2. The van der Waals surface area contributed by atoms with Gasteiger partial charge in [0.05, 0.1) is 39.5 Å². The van der Waals surface area contributed by atoms with Crippen LogP contribution in [0.2, 0.25) is 5.02 Å². The molecule has 1 heterocycles. The van der Waals surface area contributed by atoms with E-state index in [2.05, 4.69) is 5.32 Å². The third kappa shape index (κ3) is 6.23. The van der Waals surface area contributed by atoms with Crippen molar-refractivity contribution in [2.45, 2.75) is 58.1 Å². The lowest BCUT2D eigenvalue weighted by atomic mass is 9.93. The van der Waals surface area contributed by atoms with Crippen LogP contribution >= 0.6 is 11.6 Å². The van der Waals surface area contributed by atoms with E-state index in [1.165, 1.54) is 34.5 Å². The third-order valence-electron chi connectivity index (χ3n) is 7.64. The molecule has 11 heteroatoms. The molecule has 1 atom stereocenters. The first kappa shape index (κ1) is 31.3. The van der Waals surface area contributed by atoms with E-state index < -0.39 is 11.6 Å². The Labute approximate surface area is 251 Å². The summed E-state index contributed by atoms with van der Waals surface area (Å²) in [5, 5.41) is 3.57. The van der Waals surface area contributed by atoms with Gasteiger partial charge in [-0.15, -0.1) is 0 Å². The number of methoxy groups -OCH3 is 4. The number of fused-ring (bicyclic) bond motifs is 3. The van der Waals surface area contributed by atoms with Gasteiger partial charge in [0.2, 0.25) is 17.1 Å². The standard InChI is InChI=1S/C31H39ClN2O8/c1-31(2,3)42-30(37)34-14-12-17(13-15-34)29(36)33-21-10-8-19-24(18-9-11-23(38-4)22(35)16-20(18)21)26(39-5)28(41-7)27(40-6)25(19)32/h9,11,16-17,21H,8,10,12-15H2,1-7H3,(H,33,36)/t21-/m0/s1. The van der Waals surface area contributed by atoms with Crippen molar-refractivity contribution in [3.63, 3.8) is 0 Å². The van der Waals surface area contributed by atoms with Gasteiger partial charge >= 0.3 is 6.09 Å². The normalized spacial score (nSPS) is 16.9. The average molecular weight is 603 g/mol. The first-order chi connectivity index (χ1) is 19.9. The quantitative estimate of drug-likeness (QED) is 0.483. The number of hydrogen-bond donors (Lipinski definition) is 1. The van der Waals surface area contributed by atoms with E-state index in [1.54, 1.807) is 17.0 Å². The molecule has 2 aliphatic rings. The maximum Gasteiger partial charge on any atom is 0.410 e. The molecule has 0 bridgehead atoms. The van der Waals surface area contributed by atoms with Crippen LogP contribution in [0.1, 0.15) is 57.2 Å². The lowest BCUT2D eigenvalue weighted by Crippen LogP contribution is -2.45. The van der Waals surface area contributed by atoms with Crippen LogP contribution in [0.15, 0.2) is 23.0 Å². The van der Waals surface area contributed by atoms with E-state index in [0.29, 0.717) is 77.7 Å². The summed E-state index contributed by atoms with van der Waals surface area (Å²) in [6, 6.07) is 4.38. The highest BCUT2D eigenvalue weighted by Gasteiger charge is 2.35. The largest absolute Gasteiger partial charge is 0.493 e. The molecule has 1 fully saturated rings. The van der Waals surface area contributed by atoms with Gasteiger partial charge in [-0.1, -0.05) is 17.7 Å². The van der Waals surface area contributed by atoms with Gasteiger partial charge < -0.3 is 33.9 Å². The number of rotatable bonds is 6. The molecule has 228 valence electrons. The predicted octanol–water partition coefficient (Wildman–Crippen LogP) is 5.15. The molecular formula is C31H39ClN2O8. The number of ether oxygens (including phenoxy) is 5. The van der Waals surface area contributed by atoms with Crippen molar-refractivity contribution in [2.75, 3.05) is 41.5 Å². The fraction of sp³-hybridized carbons (Fsp3) is 0.516. The summed E-state index contributed by atoms with van der Waals surface area (Å²) in [5.41, 5.74) is 1.78. The van der Waals surface area contributed by atoms with E-state index in [0.717, 1.165) is 5.56 Å². The molecule has 2 amide bonds. The van der Waals surface area contributed by atoms with Gasteiger partial charge in [-0.2, -0.15) is 0 Å². The van der Waals surface area contributed by atoms with Crippen molar-refractivity contribution in [1.29, 1.82) is 0 Å². The Bertz CT molecular complexity index is 1410. The van der Waals surface area contributed by atoms with Crippen LogP contribution in [0.25, 0.3) is 11.1 Å². The van der Waals surface area contributed by atoms with Gasteiger partial charge in [0.25, 0.3) is 0 Å². The van der Waals surface area contributed by atoms with Crippen LogP contribution in [0, 0.1) is 5.92 Å². The van der Waals surface area contributed by atoms with Crippen molar-refractivity contribution in [1.82, 2.24) is 10.2 Å². The van der Waals surface area contributed by atoms with Crippen molar-refractivity contribution in [3.05, 3.63) is 44.6 Å². The molecule has 1 aliphatic carbocycles. The Kier molecular flexibility index (Phi) is 9.45. The summed E-state index contributed by atoms with van der Waals surface area (Å²) in [7, 11) is 5.97. The number of carbonyl (C=O) groups is 2. The van der Waals surface area contributed by atoms with E-state index in [1.807, 2.05) is 20.8 Å². The van der Waals surface area contributed by atoms with E-state index in [-0.39, 0.29) is 29.1 Å². The number of likely N-dealkylation sites (tertiary alicyclic amines) is 1. The Hall–Kier alpha value is -3.66. The highest BCUT2D eigenvalue weighted by molar-refractivity contribution is 6.34. The molecule has 1 aliphatic heterocycles. The van der Waals surface area contributed by atoms with Gasteiger partial charge in [0.1, 0.15) is 5.60 Å². The molecule has 42 heavy (non-hydrogen) atoms. The first-order valence-electron chi connectivity index (χ1n) is 13.9. The summed E-state index contributed by atoms with van der Waals surface area (Å²) in [6.07, 6.45) is 1.56. The van der Waals surface area contributed by atoms with Crippen LogP contribution < -0.4 is 29.7 Å². The lowest BCUT2D eigenvalue weighted by molar-refractivity contribution is -0.127. The highest BCUT2D eigenvalue weighted by Crippen LogP contribution is 2.54. The molecule has 0 aromatic heterocycles. The van der Waals surface area contributed by atoms with E-state index >= 15 is 0 Å². The van der Waals surface area contributed by atoms with E-state index in [4.69, 9.17) is 35.3 Å². The third-order valence-corrected chi connectivity index (χ3v) is 8.04. The summed E-state index contributed by atoms with van der Waals surface area (Å²) >= 11 is 6.88. The Morgan fingerprint density at radius 3 is 2.14 bits per heavy atom. The molecule has 2 aromatic carbocycles. The number of carbonyl (C=O) groups excluding carboxylic acids is 2. The minimum Gasteiger partial charge on any atom is -0.493 e. The predicted molar refractivity (Wildman–Crippen MR) is 159 cm³/mol. The monoisotopic (exact) mass is 602 g/mol. The molecule has 0 saturated carbocycles. The molecule has 1 saturated heterocycles. The molecule has 0 radical (unpaired) electrons. The fourth-order valence-corrected chi connectivity index (χ4v) is 5.98. The minimum absolute atomic E-state index is 0.139. The first-order valence-corrected chi connectivity index (χ1v) is 14.3. The molecule has 10 nitrogen and oxygen atoms in total. The number of halogens is 1. The molecule has 0 unspecified atom stereocenters. The number of hydrogen-bond acceptors (Lipinski definition) is 8. The van der Waals surface area contributed by atoms with Crippen LogP contribution in [-0.2, 0) is 16.0 Å². The number of nitrogens with zero attached hydrogens (tertiary/aromatic N) is 1. The Balaban J connectivity index is 1.71. The van der Waals surface area contributed by atoms with Crippen LogP contribution in [-0.4, -0.2) is 64.0 Å². The topological polar surface area (TPSA) is 113 Å². The van der Waals surface area contributed by atoms with Crippen LogP contribution in [0.4, 0.5) is 4.79 Å². The van der Waals surface area contributed by atoms with Gasteiger partial charge in [0.15, 0.2) is 17.2 Å². The summed E-state index contributed by atoms with van der Waals surface area (Å²) < 4.78 is 27.9. The Morgan fingerprint density at radius 1 is 0.929 bits per heavy atom. The Morgan fingerprint density at radius 2 is 1.57 bits per heavy atom. The van der Waals surface area contributed by atoms with Gasteiger partial charge in [-0.3, -0.25) is 9.59 Å². The maximum absolute atomic E-state index is 13.6. The lowest BCUT2D eigenvalue weighted by Gasteiger charge is -2.33. The average Bonchev–Trinajstić information content (AvgIpc) is 3.20. The molecule has 4 rings (SSSR count). The molecular weight excluding hydrogens is 564 g/mol. The summed E-state index contributed by atoms with van der Waals surface area (Å²) in [5.74, 6) is 0.811. The zero-order valence-corrected chi connectivity index (χ0v) is 26.0. The van der Waals surface area contributed by atoms with Gasteiger partial charge in [0, 0.05) is 24.6 Å². The van der Waals surface area contributed by atoms with Crippen molar-refractivity contribution < 1.29 is 33.3 Å². The van der Waals surface area contributed by atoms with Crippen LogP contribution in [0.5, 0.6) is 23.0 Å². The summed E-state index contributed by atoms with van der Waals surface area (Å²) in [4.78, 5) is 40.9. The zero-order chi connectivity index (χ0) is 30.8. The van der Waals surface area contributed by atoms with Crippen molar-refractivity contribution in [3.8, 4) is 34.1 Å². The number of amides is 2. The maximum atomic E-state index is 13.6. The fourth-order valence-electron chi connectivity index (χ4n) is 5.63. The van der Waals surface area contributed by atoms with Crippen molar-refractivity contribution in [2.24, 2.45) is 5.92 Å². The summed E-state index contributed by atoms with van der Waals surface area (Å²) in [6.45, 7) is 6.31. The second-order valence-electron chi connectivity index (χ2n) is 11.4. The zero-order valence-electron chi connectivity index (χ0n) is 25.2. The second kappa shape index (κ2) is 12.7. The number of benzene rings is 1. The second-order valence-corrected chi connectivity index (χ2v) is 11.8. The van der Waals surface area contributed by atoms with Crippen molar-refractivity contribution >= 4 is 23.6 Å². The molecule has 1 N–H and O–H groups in total. The van der Waals surface area contributed by atoms with Crippen LogP contribution in [0.3, 0.4) is 0 Å². The molecule has 0 spiro atoms. The van der Waals surface area contributed by atoms with Gasteiger partial charge in [-0.05, 0) is 75.3 Å². The van der Waals surface area contributed by atoms with Gasteiger partial charge in [-0.25, -0.2) is 4.79 Å². The smallest absolute Gasteiger partial charge is 0.410 e.